The predicted molar refractivity (Wildman–Crippen MR) is 68.8 cm³/mol. The Morgan fingerprint density at radius 3 is 2.50 bits per heavy atom. The highest BCUT2D eigenvalue weighted by molar-refractivity contribution is 7.89. The van der Waals surface area contributed by atoms with Gasteiger partial charge in [0, 0.05) is 14.1 Å². The monoisotopic (exact) mass is 266 g/mol. The number of sulfonamides is 1. The minimum Gasteiger partial charge on any atom is -0.396 e. The highest BCUT2D eigenvalue weighted by atomic mass is 32.2. The van der Waals surface area contributed by atoms with Crippen LogP contribution >= 0.6 is 0 Å². The van der Waals surface area contributed by atoms with Crippen molar-refractivity contribution in [1.82, 2.24) is 14.1 Å². The fourth-order valence-corrected chi connectivity index (χ4v) is 2.60. The summed E-state index contributed by atoms with van der Waals surface area (Å²) in [5.41, 5.74) is 6.55. The minimum atomic E-state index is -3.51. The zero-order chi connectivity index (χ0) is 13.3. The molecule has 0 aliphatic rings. The first-order chi connectivity index (χ1) is 8.43. The van der Waals surface area contributed by atoms with E-state index < -0.39 is 10.0 Å². The summed E-state index contributed by atoms with van der Waals surface area (Å²) in [6.45, 7) is 0. The number of benzene rings is 1. The van der Waals surface area contributed by atoms with Gasteiger partial charge in [0.25, 0.3) is 0 Å². The summed E-state index contributed by atoms with van der Waals surface area (Å²) < 4.78 is 27.0. The van der Waals surface area contributed by atoms with Gasteiger partial charge >= 0.3 is 0 Å². The molecule has 0 amide bonds. The third kappa shape index (κ3) is 2.09. The van der Waals surface area contributed by atoms with Crippen molar-refractivity contribution in [3.8, 4) is 5.69 Å². The SMILES string of the molecule is CN(C)S(=O)(=O)c1ccccc1-n1cc(N)cn1. The summed E-state index contributed by atoms with van der Waals surface area (Å²) in [4.78, 5) is 0.193. The highest BCUT2D eigenvalue weighted by Gasteiger charge is 2.21. The van der Waals surface area contributed by atoms with Crippen LogP contribution in [0, 0.1) is 0 Å². The fraction of sp³-hybridized carbons (Fsp3) is 0.182. The first-order valence-electron chi connectivity index (χ1n) is 5.25. The molecule has 1 heterocycles. The van der Waals surface area contributed by atoms with Crippen LogP contribution in [0.25, 0.3) is 5.69 Å². The Bertz CT molecular complexity index is 661. The summed E-state index contributed by atoms with van der Waals surface area (Å²) in [7, 11) is -0.535. The van der Waals surface area contributed by atoms with Crippen molar-refractivity contribution in [2.24, 2.45) is 0 Å². The van der Waals surface area contributed by atoms with Crippen molar-refractivity contribution in [2.75, 3.05) is 19.8 Å². The second-order valence-corrected chi connectivity index (χ2v) is 6.09. The van der Waals surface area contributed by atoms with E-state index in [0.29, 0.717) is 11.4 Å². The minimum absolute atomic E-state index is 0.193. The summed E-state index contributed by atoms with van der Waals surface area (Å²) in [5.74, 6) is 0. The molecule has 0 atom stereocenters. The first kappa shape index (κ1) is 12.6. The van der Waals surface area contributed by atoms with Crippen molar-refractivity contribution in [3.63, 3.8) is 0 Å². The molecular weight excluding hydrogens is 252 g/mol. The smallest absolute Gasteiger partial charge is 0.244 e. The molecule has 0 bridgehead atoms. The van der Waals surface area contributed by atoms with E-state index in [4.69, 9.17) is 5.73 Å². The molecule has 18 heavy (non-hydrogen) atoms. The molecule has 0 saturated heterocycles. The van der Waals surface area contributed by atoms with Crippen LogP contribution in [0.1, 0.15) is 0 Å². The largest absolute Gasteiger partial charge is 0.396 e. The lowest BCUT2D eigenvalue weighted by molar-refractivity contribution is 0.520. The quantitative estimate of drug-likeness (QED) is 0.887. The second-order valence-electron chi connectivity index (χ2n) is 3.97. The summed E-state index contributed by atoms with van der Waals surface area (Å²) in [6, 6.07) is 6.65. The first-order valence-corrected chi connectivity index (χ1v) is 6.69. The number of hydrogen-bond donors (Lipinski definition) is 1. The number of anilines is 1. The van der Waals surface area contributed by atoms with Gasteiger partial charge in [0.2, 0.25) is 10.0 Å². The molecule has 0 fully saturated rings. The maximum absolute atomic E-state index is 12.2. The molecule has 96 valence electrons. The Kier molecular flexibility index (Phi) is 3.10. The topological polar surface area (TPSA) is 81.2 Å². The van der Waals surface area contributed by atoms with E-state index in [1.807, 2.05) is 0 Å². The molecule has 0 spiro atoms. The molecule has 0 radical (unpaired) electrons. The molecule has 6 nitrogen and oxygen atoms in total. The third-order valence-electron chi connectivity index (χ3n) is 2.47. The van der Waals surface area contributed by atoms with E-state index in [1.54, 1.807) is 30.5 Å². The molecule has 2 aromatic rings. The third-order valence-corrected chi connectivity index (χ3v) is 4.34. The van der Waals surface area contributed by atoms with Crippen LogP contribution in [-0.4, -0.2) is 36.6 Å². The lowest BCUT2D eigenvalue weighted by atomic mass is 10.3. The molecule has 0 unspecified atom stereocenters. The standard InChI is InChI=1S/C11H14N4O2S/c1-14(2)18(16,17)11-6-4-3-5-10(11)15-8-9(12)7-13-15/h3-8H,12H2,1-2H3. The van der Waals surface area contributed by atoms with E-state index in [0.717, 1.165) is 0 Å². The molecule has 2 N–H and O–H groups in total. The Balaban J connectivity index is 2.64. The van der Waals surface area contributed by atoms with Gasteiger partial charge in [0.05, 0.1) is 23.8 Å². The number of hydrogen-bond acceptors (Lipinski definition) is 4. The second kappa shape index (κ2) is 4.43. The Labute approximate surface area is 106 Å². The van der Waals surface area contributed by atoms with Gasteiger partial charge in [-0.05, 0) is 12.1 Å². The summed E-state index contributed by atoms with van der Waals surface area (Å²) in [6.07, 6.45) is 3.04. The average molecular weight is 266 g/mol. The maximum Gasteiger partial charge on any atom is 0.244 e. The van der Waals surface area contributed by atoms with Crippen LogP contribution in [0.15, 0.2) is 41.6 Å². The Morgan fingerprint density at radius 2 is 1.94 bits per heavy atom. The van der Waals surface area contributed by atoms with E-state index in [-0.39, 0.29) is 4.90 Å². The van der Waals surface area contributed by atoms with Crippen molar-refractivity contribution in [1.29, 1.82) is 0 Å². The van der Waals surface area contributed by atoms with E-state index in [9.17, 15) is 8.42 Å². The Morgan fingerprint density at radius 1 is 1.28 bits per heavy atom. The normalized spacial score (nSPS) is 11.9. The number of nitrogen functional groups attached to an aromatic ring is 1. The number of para-hydroxylation sites is 1. The zero-order valence-corrected chi connectivity index (χ0v) is 10.9. The van der Waals surface area contributed by atoms with Gasteiger partial charge in [-0.3, -0.25) is 0 Å². The van der Waals surface area contributed by atoms with Crippen LogP contribution in [-0.2, 0) is 10.0 Å². The lowest BCUT2D eigenvalue weighted by Crippen LogP contribution is -2.23. The number of rotatable bonds is 3. The summed E-state index contributed by atoms with van der Waals surface area (Å²) >= 11 is 0. The maximum atomic E-state index is 12.2. The molecule has 0 aliphatic heterocycles. The van der Waals surface area contributed by atoms with Gasteiger partial charge in [-0.2, -0.15) is 5.10 Å². The van der Waals surface area contributed by atoms with Gasteiger partial charge < -0.3 is 5.73 Å². The number of nitrogens with zero attached hydrogens (tertiary/aromatic N) is 3. The highest BCUT2D eigenvalue weighted by Crippen LogP contribution is 2.22. The van der Waals surface area contributed by atoms with Crippen LogP contribution in [0.2, 0.25) is 0 Å². The van der Waals surface area contributed by atoms with E-state index in [2.05, 4.69) is 5.10 Å². The van der Waals surface area contributed by atoms with E-state index in [1.165, 1.54) is 29.3 Å². The van der Waals surface area contributed by atoms with E-state index >= 15 is 0 Å². The molecule has 7 heteroatoms. The molecule has 0 saturated carbocycles. The van der Waals surface area contributed by atoms with Crippen LogP contribution in [0.4, 0.5) is 5.69 Å². The average Bonchev–Trinajstić information content (AvgIpc) is 2.75. The van der Waals surface area contributed by atoms with Crippen molar-refractivity contribution >= 4 is 15.7 Å². The lowest BCUT2D eigenvalue weighted by Gasteiger charge is -2.14. The van der Waals surface area contributed by atoms with Crippen molar-refractivity contribution in [3.05, 3.63) is 36.7 Å². The molecule has 0 aliphatic carbocycles. The van der Waals surface area contributed by atoms with Gasteiger partial charge in [-0.25, -0.2) is 17.4 Å². The van der Waals surface area contributed by atoms with Crippen molar-refractivity contribution in [2.45, 2.75) is 4.90 Å². The zero-order valence-electron chi connectivity index (χ0n) is 10.1. The van der Waals surface area contributed by atoms with Crippen LogP contribution < -0.4 is 5.73 Å². The molecule has 2 rings (SSSR count). The fourth-order valence-electron chi connectivity index (χ4n) is 1.53. The number of nitrogens with two attached hydrogens (primary N) is 1. The van der Waals surface area contributed by atoms with Gasteiger partial charge in [-0.1, -0.05) is 12.1 Å². The molecule has 1 aromatic carbocycles. The van der Waals surface area contributed by atoms with Crippen LogP contribution in [0.3, 0.4) is 0 Å². The van der Waals surface area contributed by atoms with Crippen LogP contribution in [0.5, 0.6) is 0 Å². The number of aromatic nitrogens is 2. The Hall–Kier alpha value is -1.86. The van der Waals surface area contributed by atoms with Gasteiger partial charge in [-0.15, -0.1) is 0 Å². The molecule has 1 aromatic heterocycles. The van der Waals surface area contributed by atoms with Crippen molar-refractivity contribution < 1.29 is 8.42 Å². The van der Waals surface area contributed by atoms with Gasteiger partial charge in [0.15, 0.2) is 0 Å². The molecular formula is C11H14N4O2S. The van der Waals surface area contributed by atoms with Gasteiger partial charge in [0.1, 0.15) is 4.90 Å². The summed E-state index contributed by atoms with van der Waals surface area (Å²) in [5, 5.41) is 4.03. The predicted octanol–water partition coefficient (Wildman–Crippen LogP) is 0.705.